The van der Waals surface area contributed by atoms with E-state index in [1.54, 1.807) is 0 Å². The number of aromatic nitrogens is 2. The summed E-state index contributed by atoms with van der Waals surface area (Å²) in [5.41, 5.74) is 6.48. The Kier molecular flexibility index (Phi) is 6.13. The molecule has 0 aliphatic heterocycles. The van der Waals surface area contributed by atoms with Crippen molar-refractivity contribution in [3.8, 4) is 5.75 Å². The Hall–Kier alpha value is -1.97. The minimum Gasteiger partial charge on any atom is -0.490 e. The zero-order valence-corrected chi connectivity index (χ0v) is 12.7. The first kappa shape index (κ1) is 15.4. The van der Waals surface area contributed by atoms with Crippen molar-refractivity contribution in [1.29, 1.82) is 0 Å². The number of unbranched alkanes of at least 4 members (excludes halogenated alkanes) is 2. The molecule has 1 unspecified atom stereocenters. The lowest BCUT2D eigenvalue weighted by atomic mass is 10.1. The van der Waals surface area contributed by atoms with Crippen LogP contribution in [0.2, 0.25) is 0 Å². The summed E-state index contributed by atoms with van der Waals surface area (Å²) in [5.74, 6) is 0.899. The summed E-state index contributed by atoms with van der Waals surface area (Å²) in [5, 5.41) is 0. The fraction of sp³-hybridized carbons (Fsp3) is 0.471. The molecule has 0 aliphatic carbocycles. The van der Waals surface area contributed by atoms with E-state index in [0.717, 1.165) is 30.8 Å². The summed E-state index contributed by atoms with van der Waals surface area (Å²) in [4.78, 5) is 4.08. The van der Waals surface area contributed by atoms with Crippen molar-refractivity contribution in [1.82, 2.24) is 9.55 Å². The smallest absolute Gasteiger partial charge is 0.119 e. The highest BCUT2D eigenvalue weighted by Gasteiger charge is 2.10. The molecule has 0 spiro atoms. The number of aryl methyl sites for hydroxylation is 1. The Morgan fingerprint density at radius 1 is 1.19 bits per heavy atom. The zero-order chi connectivity index (χ0) is 14.9. The summed E-state index contributed by atoms with van der Waals surface area (Å²) < 4.78 is 8.22. The van der Waals surface area contributed by atoms with Gasteiger partial charge in [0.05, 0.1) is 6.33 Å². The normalized spacial score (nSPS) is 12.2. The van der Waals surface area contributed by atoms with Gasteiger partial charge in [0.1, 0.15) is 11.9 Å². The van der Waals surface area contributed by atoms with Gasteiger partial charge in [0.25, 0.3) is 0 Å². The number of benzene rings is 1. The van der Waals surface area contributed by atoms with Gasteiger partial charge in [-0.25, -0.2) is 4.98 Å². The molecule has 1 atom stereocenters. The minimum atomic E-state index is 0.238. The van der Waals surface area contributed by atoms with E-state index in [0.29, 0.717) is 0 Å². The Bertz CT molecular complexity index is 493. The highest BCUT2D eigenvalue weighted by molar-refractivity contribution is 5.41. The van der Waals surface area contributed by atoms with Crippen molar-refractivity contribution in [2.75, 3.05) is 5.73 Å². The van der Waals surface area contributed by atoms with E-state index >= 15 is 0 Å². The average Bonchev–Trinajstić information content (AvgIpc) is 3.00. The molecule has 0 radical (unpaired) electrons. The first-order chi connectivity index (χ1) is 10.3. The van der Waals surface area contributed by atoms with Gasteiger partial charge in [0.2, 0.25) is 0 Å². The molecule has 2 N–H and O–H groups in total. The molecule has 0 aliphatic rings. The van der Waals surface area contributed by atoms with Crippen molar-refractivity contribution in [3.63, 3.8) is 0 Å². The van der Waals surface area contributed by atoms with Crippen LogP contribution in [-0.4, -0.2) is 15.7 Å². The number of hydrogen-bond donors (Lipinski definition) is 1. The number of rotatable bonds is 9. The predicted octanol–water partition coefficient (Wildman–Crippen LogP) is 3.88. The van der Waals surface area contributed by atoms with Gasteiger partial charge in [-0.1, -0.05) is 19.8 Å². The van der Waals surface area contributed by atoms with Crippen LogP contribution in [0, 0.1) is 0 Å². The summed E-state index contributed by atoms with van der Waals surface area (Å²) in [6.07, 6.45) is 11.7. The van der Waals surface area contributed by atoms with Crippen molar-refractivity contribution in [3.05, 3.63) is 43.0 Å². The number of imidazole rings is 1. The van der Waals surface area contributed by atoms with E-state index < -0.39 is 0 Å². The third-order valence-electron chi connectivity index (χ3n) is 3.58. The molecule has 114 valence electrons. The van der Waals surface area contributed by atoms with E-state index in [2.05, 4.69) is 16.5 Å². The number of nitrogens with zero attached hydrogens (tertiary/aromatic N) is 2. The number of ether oxygens (including phenoxy) is 1. The van der Waals surface area contributed by atoms with E-state index in [-0.39, 0.29) is 6.10 Å². The Labute approximate surface area is 127 Å². The van der Waals surface area contributed by atoms with Gasteiger partial charge in [-0.3, -0.25) is 0 Å². The predicted molar refractivity (Wildman–Crippen MR) is 86.3 cm³/mol. The summed E-state index contributed by atoms with van der Waals surface area (Å²) in [7, 11) is 0. The molecule has 1 aromatic carbocycles. The van der Waals surface area contributed by atoms with E-state index in [9.17, 15) is 0 Å². The minimum absolute atomic E-state index is 0.238. The topological polar surface area (TPSA) is 53.1 Å². The zero-order valence-electron chi connectivity index (χ0n) is 12.7. The van der Waals surface area contributed by atoms with Crippen LogP contribution < -0.4 is 10.5 Å². The molecular weight excluding hydrogens is 262 g/mol. The molecular formula is C17H25N3O. The first-order valence-corrected chi connectivity index (χ1v) is 7.76. The molecule has 0 saturated carbocycles. The molecule has 4 nitrogen and oxygen atoms in total. The lowest BCUT2D eigenvalue weighted by Crippen LogP contribution is -2.19. The highest BCUT2D eigenvalue weighted by Crippen LogP contribution is 2.19. The molecule has 0 amide bonds. The second-order valence-electron chi connectivity index (χ2n) is 5.39. The second kappa shape index (κ2) is 8.35. The van der Waals surface area contributed by atoms with Gasteiger partial charge < -0.3 is 15.0 Å². The third kappa shape index (κ3) is 5.50. The van der Waals surface area contributed by atoms with Crippen molar-refractivity contribution < 1.29 is 4.74 Å². The standard InChI is InChI=1S/C17H25N3O/c1-2-3-4-5-16(10-12-20-13-11-19-14-20)21-17-8-6-15(18)7-9-17/h6-9,11,13-14,16H,2-5,10,12,18H2,1H3. The largest absolute Gasteiger partial charge is 0.490 e. The van der Waals surface area contributed by atoms with Crippen LogP contribution in [0.4, 0.5) is 5.69 Å². The molecule has 4 heteroatoms. The summed E-state index contributed by atoms with van der Waals surface area (Å²) in [6, 6.07) is 7.65. The van der Waals surface area contributed by atoms with Crippen LogP contribution in [0.1, 0.15) is 39.0 Å². The van der Waals surface area contributed by atoms with Gasteiger partial charge in [0, 0.05) is 31.0 Å². The third-order valence-corrected chi connectivity index (χ3v) is 3.58. The van der Waals surface area contributed by atoms with Crippen molar-refractivity contribution in [2.24, 2.45) is 0 Å². The molecule has 1 heterocycles. The van der Waals surface area contributed by atoms with Gasteiger partial charge in [-0.2, -0.15) is 0 Å². The Morgan fingerprint density at radius 2 is 2.00 bits per heavy atom. The van der Waals surface area contributed by atoms with Crippen LogP contribution >= 0.6 is 0 Å². The van der Waals surface area contributed by atoms with E-state index in [1.807, 2.05) is 43.0 Å². The monoisotopic (exact) mass is 287 g/mol. The van der Waals surface area contributed by atoms with Gasteiger partial charge >= 0.3 is 0 Å². The van der Waals surface area contributed by atoms with Crippen LogP contribution in [-0.2, 0) is 6.54 Å². The Morgan fingerprint density at radius 3 is 2.67 bits per heavy atom. The maximum absolute atomic E-state index is 6.13. The summed E-state index contributed by atoms with van der Waals surface area (Å²) >= 11 is 0. The maximum Gasteiger partial charge on any atom is 0.119 e. The first-order valence-electron chi connectivity index (χ1n) is 7.76. The van der Waals surface area contributed by atoms with Crippen LogP contribution in [0.15, 0.2) is 43.0 Å². The van der Waals surface area contributed by atoms with Gasteiger partial charge in [-0.05, 0) is 37.1 Å². The molecule has 2 aromatic rings. The SMILES string of the molecule is CCCCCC(CCn1ccnc1)Oc1ccc(N)cc1. The van der Waals surface area contributed by atoms with Crippen LogP contribution in [0.25, 0.3) is 0 Å². The second-order valence-corrected chi connectivity index (χ2v) is 5.39. The lowest BCUT2D eigenvalue weighted by Gasteiger charge is -2.19. The van der Waals surface area contributed by atoms with Crippen molar-refractivity contribution in [2.45, 2.75) is 51.7 Å². The molecule has 0 bridgehead atoms. The van der Waals surface area contributed by atoms with E-state index in [4.69, 9.17) is 10.5 Å². The fourth-order valence-electron chi connectivity index (χ4n) is 2.34. The van der Waals surface area contributed by atoms with E-state index in [1.165, 1.54) is 19.3 Å². The number of nitrogen functional groups attached to an aromatic ring is 1. The van der Waals surface area contributed by atoms with Crippen molar-refractivity contribution >= 4 is 5.69 Å². The Balaban J connectivity index is 1.88. The average molecular weight is 287 g/mol. The number of anilines is 1. The molecule has 0 fully saturated rings. The molecule has 21 heavy (non-hydrogen) atoms. The molecule has 2 rings (SSSR count). The number of hydrogen-bond acceptors (Lipinski definition) is 3. The van der Waals surface area contributed by atoms with Crippen LogP contribution in [0.3, 0.4) is 0 Å². The lowest BCUT2D eigenvalue weighted by molar-refractivity contribution is 0.171. The fourth-order valence-corrected chi connectivity index (χ4v) is 2.34. The molecule has 0 saturated heterocycles. The number of nitrogens with two attached hydrogens (primary N) is 1. The summed E-state index contributed by atoms with van der Waals surface area (Å²) in [6.45, 7) is 3.16. The van der Waals surface area contributed by atoms with Gasteiger partial charge in [-0.15, -0.1) is 0 Å². The van der Waals surface area contributed by atoms with Crippen LogP contribution in [0.5, 0.6) is 5.75 Å². The van der Waals surface area contributed by atoms with Gasteiger partial charge in [0.15, 0.2) is 0 Å². The quantitative estimate of drug-likeness (QED) is 0.562. The maximum atomic E-state index is 6.13. The highest BCUT2D eigenvalue weighted by atomic mass is 16.5. The molecule has 1 aromatic heterocycles.